The Balaban J connectivity index is 2.10. The van der Waals surface area contributed by atoms with Gasteiger partial charge < -0.3 is 19.7 Å². The zero-order chi connectivity index (χ0) is 12.0. The lowest BCUT2D eigenvalue weighted by molar-refractivity contribution is -0.0269. The summed E-state index contributed by atoms with van der Waals surface area (Å²) in [5.41, 5.74) is -0.179. The molecule has 0 aliphatic carbocycles. The maximum Gasteiger partial charge on any atom is 0.409 e. The minimum absolute atomic E-state index is 0.179. The average molecular weight is 230 g/mol. The molecule has 1 amide bonds. The smallest absolute Gasteiger partial charge is 0.409 e. The van der Waals surface area contributed by atoms with Gasteiger partial charge in [0.05, 0.1) is 12.2 Å². The lowest BCUT2D eigenvalue weighted by Gasteiger charge is -2.27. The second-order valence-electron chi connectivity index (χ2n) is 4.81. The van der Waals surface area contributed by atoms with Crippen LogP contribution < -0.4 is 5.32 Å². The van der Waals surface area contributed by atoms with E-state index in [0.717, 1.165) is 26.2 Å². The Kier molecular flexibility index (Phi) is 5.02. The van der Waals surface area contributed by atoms with Gasteiger partial charge in [0.25, 0.3) is 0 Å². The molecule has 1 saturated heterocycles. The van der Waals surface area contributed by atoms with Crippen LogP contribution >= 0.6 is 0 Å². The van der Waals surface area contributed by atoms with Crippen molar-refractivity contribution >= 4 is 6.09 Å². The topological polar surface area (TPSA) is 50.8 Å². The minimum atomic E-state index is -0.237. The Morgan fingerprint density at radius 1 is 1.25 bits per heavy atom. The largest absolute Gasteiger partial charge is 0.447 e. The van der Waals surface area contributed by atoms with Crippen molar-refractivity contribution in [1.82, 2.24) is 10.2 Å². The first-order chi connectivity index (χ1) is 7.49. The third kappa shape index (κ3) is 5.32. The van der Waals surface area contributed by atoms with Crippen LogP contribution in [0.1, 0.15) is 20.8 Å². The second-order valence-corrected chi connectivity index (χ2v) is 4.81. The van der Waals surface area contributed by atoms with Crippen LogP contribution in [-0.2, 0) is 9.47 Å². The van der Waals surface area contributed by atoms with E-state index in [-0.39, 0.29) is 11.7 Å². The monoisotopic (exact) mass is 230 g/mol. The van der Waals surface area contributed by atoms with Crippen molar-refractivity contribution < 1.29 is 14.3 Å². The number of hydrogen-bond acceptors (Lipinski definition) is 4. The van der Waals surface area contributed by atoms with E-state index in [9.17, 15) is 4.79 Å². The first kappa shape index (κ1) is 13.3. The summed E-state index contributed by atoms with van der Waals surface area (Å²) in [5.74, 6) is 0. The Bertz CT molecular complexity index is 220. The normalized spacial score (nSPS) is 17.3. The zero-order valence-corrected chi connectivity index (χ0v) is 10.4. The summed E-state index contributed by atoms with van der Waals surface area (Å²) < 4.78 is 10.6. The number of nitrogens with one attached hydrogen (secondary N) is 1. The van der Waals surface area contributed by atoms with Gasteiger partial charge in [0.15, 0.2) is 0 Å². The van der Waals surface area contributed by atoms with Gasteiger partial charge in [0, 0.05) is 26.2 Å². The Morgan fingerprint density at radius 2 is 1.88 bits per heavy atom. The molecule has 1 aliphatic heterocycles. The number of rotatable bonds is 3. The lowest BCUT2D eigenvalue weighted by Crippen LogP contribution is -2.46. The van der Waals surface area contributed by atoms with E-state index in [0.29, 0.717) is 13.2 Å². The zero-order valence-electron chi connectivity index (χ0n) is 10.4. The summed E-state index contributed by atoms with van der Waals surface area (Å²) in [6.07, 6.45) is -0.237. The van der Waals surface area contributed by atoms with E-state index >= 15 is 0 Å². The highest BCUT2D eigenvalue weighted by Crippen LogP contribution is 2.06. The van der Waals surface area contributed by atoms with Gasteiger partial charge in [-0.25, -0.2) is 4.79 Å². The molecular formula is C11H22N2O3. The van der Waals surface area contributed by atoms with E-state index in [4.69, 9.17) is 9.47 Å². The lowest BCUT2D eigenvalue weighted by atomic mass is 10.2. The highest BCUT2D eigenvalue weighted by Gasteiger charge is 2.17. The van der Waals surface area contributed by atoms with Gasteiger partial charge in [-0.05, 0) is 20.8 Å². The Labute approximate surface area is 97.1 Å². The van der Waals surface area contributed by atoms with Gasteiger partial charge in [-0.15, -0.1) is 0 Å². The van der Waals surface area contributed by atoms with Crippen molar-refractivity contribution in [3.63, 3.8) is 0 Å². The first-order valence-corrected chi connectivity index (χ1v) is 5.75. The molecule has 5 nitrogen and oxygen atoms in total. The summed E-state index contributed by atoms with van der Waals surface area (Å²) >= 11 is 0. The summed E-state index contributed by atoms with van der Waals surface area (Å²) in [4.78, 5) is 13.3. The summed E-state index contributed by atoms with van der Waals surface area (Å²) in [6.45, 7) is 9.82. The van der Waals surface area contributed by atoms with Crippen LogP contribution in [0.3, 0.4) is 0 Å². The molecule has 0 atom stereocenters. The van der Waals surface area contributed by atoms with E-state index in [1.54, 1.807) is 4.90 Å². The molecule has 0 bridgehead atoms. The molecule has 1 N–H and O–H groups in total. The molecule has 0 aromatic heterocycles. The molecule has 0 unspecified atom stereocenters. The molecule has 1 fully saturated rings. The van der Waals surface area contributed by atoms with Gasteiger partial charge in [-0.2, -0.15) is 0 Å². The van der Waals surface area contributed by atoms with Crippen molar-refractivity contribution in [2.24, 2.45) is 0 Å². The third-order valence-corrected chi connectivity index (χ3v) is 2.22. The standard InChI is InChI=1S/C11H22N2O3/c1-11(2,3)16-9-8-15-10(14)13-6-4-12-5-7-13/h12H,4-9H2,1-3H3. The predicted octanol–water partition coefficient (Wildman–Crippen LogP) is 0.843. The van der Waals surface area contributed by atoms with Crippen molar-refractivity contribution in [2.45, 2.75) is 26.4 Å². The molecule has 0 spiro atoms. The number of piperazine rings is 1. The number of carbonyl (C=O) groups excluding carboxylic acids is 1. The Hall–Kier alpha value is -0.810. The molecule has 1 heterocycles. The summed E-state index contributed by atoms with van der Waals surface area (Å²) in [7, 11) is 0. The number of hydrogen-bond donors (Lipinski definition) is 1. The van der Waals surface area contributed by atoms with Crippen LogP contribution in [0.5, 0.6) is 0 Å². The maximum absolute atomic E-state index is 11.5. The fourth-order valence-corrected chi connectivity index (χ4v) is 1.42. The summed E-state index contributed by atoms with van der Waals surface area (Å²) in [5, 5.41) is 3.18. The van der Waals surface area contributed by atoms with E-state index < -0.39 is 0 Å². The van der Waals surface area contributed by atoms with Crippen LogP contribution in [0.4, 0.5) is 4.79 Å². The van der Waals surface area contributed by atoms with Crippen LogP contribution in [0.25, 0.3) is 0 Å². The van der Waals surface area contributed by atoms with Crippen LogP contribution in [0.15, 0.2) is 0 Å². The molecule has 0 aromatic rings. The fraction of sp³-hybridized carbons (Fsp3) is 0.909. The van der Waals surface area contributed by atoms with Gasteiger partial charge in [0.2, 0.25) is 0 Å². The van der Waals surface area contributed by atoms with E-state index in [2.05, 4.69) is 5.32 Å². The molecule has 94 valence electrons. The number of nitrogens with zero attached hydrogens (tertiary/aromatic N) is 1. The fourth-order valence-electron chi connectivity index (χ4n) is 1.42. The van der Waals surface area contributed by atoms with Crippen LogP contribution in [0.2, 0.25) is 0 Å². The van der Waals surface area contributed by atoms with Gasteiger partial charge >= 0.3 is 6.09 Å². The average Bonchev–Trinajstić information content (AvgIpc) is 2.24. The maximum atomic E-state index is 11.5. The molecule has 1 aliphatic rings. The van der Waals surface area contributed by atoms with Crippen molar-refractivity contribution in [1.29, 1.82) is 0 Å². The molecule has 1 rings (SSSR count). The molecular weight excluding hydrogens is 208 g/mol. The Morgan fingerprint density at radius 3 is 2.44 bits per heavy atom. The predicted molar refractivity (Wildman–Crippen MR) is 61.5 cm³/mol. The number of amides is 1. The van der Waals surface area contributed by atoms with Gasteiger partial charge in [0.1, 0.15) is 6.61 Å². The molecule has 5 heteroatoms. The highest BCUT2D eigenvalue weighted by atomic mass is 16.6. The van der Waals surface area contributed by atoms with Crippen LogP contribution in [-0.4, -0.2) is 56.0 Å². The quantitative estimate of drug-likeness (QED) is 0.730. The molecule has 16 heavy (non-hydrogen) atoms. The van der Waals surface area contributed by atoms with E-state index in [1.165, 1.54) is 0 Å². The van der Waals surface area contributed by atoms with Crippen molar-refractivity contribution in [3.8, 4) is 0 Å². The van der Waals surface area contributed by atoms with Gasteiger partial charge in [-0.3, -0.25) is 0 Å². The molecule has 0 saturated carbocycles. The van der Waals surface area contributed by atoms with Crippen molar-refractivity contribution in [2.75, 3.05) is 39.4 Å². The number of ether oxygens (including phenoxy) is 2. The minimum Gasteiger partial charge on any atom is -0.447 e. The van der Waals surface area contributed by atoms with Crippen molar-refractivity contribution in [3.05, 3.63) is 0 Å². The molecule has 0 aromatic carbocycles. The molecule has 0 radical (unpaired) electrons. The highest BCUT2D eigenvalue weighted by molar-refractivity contribution is 5.67. The SMILES string of the molecule is CC(C)(C)OCCOC(=O)N1CCNCC1. The van der Waals surface area contributed by atoms with Crippen LogP contribution in [0, 0.1) is 0 Å². The van der Waals surface area contributed by atoms with Gasteiger partial charge in [-0.1, -0.05) is 0 Å². The first-order valence-electron chi connectivity index (χ1n) is 5.75. The third-order valence-electron chi connectivity index (χ3n) is 2.22. The number of carbonyl (C=O) groups is 1. The summed E-state index contributed by atoms with van der Waals surface area (Å²) in [6, 6.07) is 0. The second kappa shape index (κ2) is 6.06. The van der Waals surface area contributed by atoms with E-state index in [1.807, 2.05) is 20.8 Å².